The van der Waals surface area contributed by atoms with Crippen molar-refractivity contribution in [2.24, 2.45) is 7.05 Å². The summed E-state index contributed by atoms with van der Waals surface area (Å²) in [6.07, 6.45) is 5.57. The third-order valence-corrected chi connectivity index (χ3v) is 5.53. The maximum Gasteiger partial charge on any atom is 0.238 e. The van der Waals surface area contributed by atoms with Crippen LogP contribution in [0.15, 0.2) is 55.0 Å². The van der Waals surface area contributed by atoms with Gasteiger partial charge < -0.3 is 15.4 Å². The normalized spacial score (nSPS) is 16.4. The van der Waals surface area contributed by atoms with Crippen LogP contribution in [0.1, 0.15) is 24.3 Å². The number of ether oxygens (including phenoxy) is 1. The van der Waals surface area contributed by atoms with Crippen molar-refractivity contribution in [1.29, 1.82) is 0 Å². The molecule has 0 bridgehead atoms. The molecule has 2 aromatic carbocycles. The maximum absolute atomic E-state index is 14.8. The Hall–Kier alpha value is -3.52. The standard InChI is InChI=1S/C23H23FN6O/c1-30-10-8-22(29-30)31-17-5-7-21(19(24)12-17)28-23-18-11-15(16-3-2-9-25-13-16)4-6-20(18)26-14-27-23/h4-8,10-12,14,16,25H,2-3,9,13H2,1H3,(H,26,27,28). The van der Waals surface area contributed by atoms with Gasteiger partial charge in [-0.3, -0.25) is 4.68 Å². The van der Waals surface area contributed by atoms with E-state index >= 15 is 0 Å². The van der Waals surface area contributed by atoms with Crippen molar-refractivity contribution >= 4 is 22.4 Å². The summed E-state index contributed by atoms with van der Waals surface area (Å²) in [5, 5.41) is 11.6. The monoisotopic (exact) mass is 418 g/mol. The zero-order valence-corrected chi connectivity index (χ0v) is 17.2. The molecule has 7 nitrogen and oxygen atoms in total. The summed E-state index contributed by atoms with van der Waals surface area (Å²) in [7, 11) is 1.79. The molecule has 3 heterocycles. The van der Waals surface area contributed by atoms with Gasteiger partial charge in [0.2, 0.25) is 5.88 Å². The Morgan fingerprint density at radius 1 is 1.16 bits per heavy atom. The quantitative estimate of drug-likeness (QED) is 0.497. The molecule has 8 heteroatoms. The molecule has 1 aliphatic heterocycles. The van der Waals surface area contributed by atoms with Gasteiger partial charge in [-0.05, 0) is 55.1 Å². The first kappa shape index (κ1) is 19.4. The molecular formula is C23H23FN6O. The van der Waals surface area contributed by atoms with Crippen molar-refractivity contribution in [3.63, 3.8) is 0 Å². The van der Waals surface area contributed by atoms with Crippen LogP contribution in [-0.2, 0) is 7.05 Å². The van der Waals surface area contributed by atoms with E-state index in [9.17, 15) is 4.39 Å². The smallest absolute Gasteiger partial charge is 0.238 e. The maximum atomic E-state index is 14.8. The van der Waals surface area contributed by atoms with Crippen LogP contribution in [0.4, 0.5) is 15.9 Å². The molecule has 1 fully saturated rings. The molecule has 0 aliphatic carbocycles. The first-order chi connectivity index (χ1) is 15.2. The highest BCUT2D eigenvalue weighted by atomic mass is 19.1. The van der Waals surface area contributed by atoms with Gasteiger partial charge in [-0.1, -0.05) is 6.07 Å². The van der Waals surface area contributed by atoms with Gasteiger partial charge in [0.05, 0.1) is 11.2 Å². The molecule has 0 amide bonds. The summed E-state index contributed by atoms with van der Waals surface area (Å²) in [6, 6.07) is 12.6. The average molecular weight is 418 g/mol. The fraction of sp³-hybridized carbons (Fsp3) is 0.261. The number of piperidine rings is 1. The lowest BCUT2D eigenvalue weighted by molar-refractivity contribution is 0.450. The van der Waals surface area contributed by atoms with Crippen molar-refractivity contribution in [2.75, 3.05) is 18.4 Å². The molecule has 1 unspecified atom stereocenters. The molecule has 0 saturated carbocycles. The second-order valence-electron chi connectivity index (χ2n) is 7.74. The number of aromatic nitrogens is 4. The number of nitrogens with one attached hydrogen (secondary N) is 2. The van der Waals surface area contributed by atoms with Crippen LogP contribution in [0, 0.1) is 5.82 Å². The second kappa shape index (κ2) is 8.31. The van der Waals surface area contributed by atoms with E-state index < -0.39 is 5.82 Å². The lowest BCUT2D eigenvalue weighted by Crippen LogP contribution is -2.28. The highest BCUT2D eigenvalue weighted by molar-refractivity contribution is 5.91. The highest BCUT2D eigenvalue weighted by Gasteiger charge is 2.17. The van der Waals surface area contributed by atoms with E-state index in [0.717, 1.165) is 36.8 Å². The Bertz CT molecular complexity index is 1220. The van der Waals surface area contributed by atoms with Gasteiger partial charge in [0.1, 0.15) is 23.7 Å². The Labute approximate surface area is 179 Å². The van der Waals surface area contributed by atoms with Gasteiger partial charge in [0.25, 0.3) is 0 Å². The average Bonchev–Trinajstić information content (AvgIpc) is 3.20. The van der Waals surface area contributed by atoms with Gasteiger partial charge in [0, 0.05) is 37.3 Å². The van der Waals surface area contributed by atoms with Gasteiger partial charge in [-0.2, -0.15) is 0 Å². The Morgan fingerprint density at radius 3 is 2.87 bits per heavy atom. The Morgan fingerprint density at radius 2 is 2.10 bits per heavy atom. The fourth-order valence-corrected chi connectivity index (χ4v) is 3.92. The molecule has 0 radical (unpaired) electrons. The molecular weight excluding hydrogens is 395 g/mol. The van der Waals surface area contributed by atoms with E-state index in [1.807, 2.05) is 6.07 Å². The highest BCUT2D eigenvalue weighted by Crippen LogP contribution is 2.31. The molecule has 2 aromatic heterocycles. The van der Waals surface area contributed by atoms with E-state index in [2.05, 4.69) is 37.8 Å². The molecule has 5 rings (SSSR count). The molecule has 4 aromatic rings. The number of hydrogen-bond acceptors (Lipinski definition) is 6. The van der Waals surface area contributed by atoms with Gasteiger partial charge >= 0.3 is 0 Å². The molecule has 1 saturated heterocycles. The summed E-state index contributed by atoms with van der Waals surface area (Å²) in [5.74, 6) is 1.39. The van der Waals surface area contributed by atoms with Crippen molar-refractivity contribution in [1.82, 2.24) is 25.1 Å². The number of benzene rings is 2. The number of rotatable bonds is 5. The SMILES string of the molecule is Cn1ccc(Oc2ccc(Nc3ncnc4ccc(C5CCCNC5)cc34)c(F)c2)n1. The number of aryl methyl sites for hydroxylation is 1. The van der Waals surface area contributed by atoms with Gasteiger partial charge in [-0.25, -0.2) is 14.4 Å². The molecule has 31 heavy (non-hydrogen) atoms. The van der Waals surface area contributed by atoms with E-state index in [-0.39, 0.29) is 0 Å². The summed E-state index contributed by atoms with van der Waals surface area (Å²) in [4.78, 5) is 8.74. The molecule has 158 valence electrons. The fourth-order valence-electron chi connectivity index (χ4n) is 3.92. The third-order valence-electron chi connectivity index (χ3n) is 5.53. The number of halogens is 1. The minimum Gasteiger partial charge on any atom is -0.437 e. The van der Waals surface area contributed by atoms with Crippen LogP contribution in [-0.4, -0.2) is 32.8 Å². The minimum atomic E-state index is -0.437. The molecule has 0 spiro atoms. The van der Waals surface area contributed by atoms with Crippen LogP contribution in [0.2, 0.25) is 0 Å². The zero-order chi connectivity index (χ0) is 21.2. The number of nitrogens with zero attached hydrogens (tertiary/aromatic N) is 4. The minimum absolute atomic E-state index is 0.318. The number of anilines is 2. The molecule has 2 N–H and O–H groups in total. The first-order valence-corrected chi connectivity index (χ1v) is 10.4. The Kier molecular flexibility index (Phi) is 5.21. The predicted octanol–water partition coefficient (Wildman–Crippen LogP) is 4.51. The molecule has 1 atom stereocenters. The lowest BCUT2D eigenvalue weighted by atomic mass is 9.91. The van der Waals surface area contributed by atoms with E-state index in [4.69, 9.17) is 4.74 Å². The van der Waals surface area contributed by atoms with Crippen LogP contribution in [0.3, 0.4) is 0 Å². The van der Waals surface area contributed by atoms with E-state index in [1.54, 1.807) is 36.1 Å². The van der Waals surface area contributed by atoms with Crippen molar-refractivity contribution in [2.45, 2.75) is 18.8 Å². The van der Waals surface area contributed by atoms with Crippen molar-refractivity contribution < 1.29 is 9.13 Å². The summed E-state index contributed by atoms with van der Waals surface area (Å²) in [5.41, 5.74) is 2.38. The third kappa shape index (κ3) is 4.20. The van der Waals surface area contributed by atoms with Crippen LogP contribution >= 0.6 is 0 Å². The second-order valence-corrected chi connectivity index (χ2v) is 7.74. The topological polar surface area (TPSA) is 76.9 Å². The van der Waals surface area contributed by atoms with E-state index in [1.165, 1.54) is 18.0 Å². The van der Waals surface area contributed by atoms with Gasteiger partial charge in [-0.15, -0.1) is 5.10 Å². The largest absolute Gasteiger partial charge is 0.437 e. The number of hydrogen-bond donors (Lipinski definition) is 2. The summed E-state index contributed by atoms with van der Waals surface area (Å²) in [6.45, 7) is 2.04. The van der Waals surface area contributed by atoms with Crippen molar-refractivity contribution in [3.05, 3.63) is 66.4 Å². The first-order valence-electron chi connectivity index (χ1n) is 10.4. The summed E-state index contributed by atoms with van der Waals surface area (Å²) >= 11 is 0. The van der Waals surface area contributed by atoms with Crippen LogP contribution < -0.4 is 15.4 Å². The molecule has 1 aliphatic rings. The Balaban J connectivity index is 1.41. The number of fused-ring (bicyclic) bond motifs is 1. The zero-order valence-electron chi connectivity index (χ0n) is 17.2. The summed E-state index contributed by atoms with van der Waals surface area (Å²) < 4.78 is 22.0. The van der Waals surface area contributed by atoms with E-state index in [0.29, 0.717) is 29.1 Å². The van der Waals surface area contributed by atoms with Crippen molar-refractivity contribution in [3.8, 4) is 11.6 Å². The van der Waals surface area contributed by atoms with Gasteiger partial charge in [0.15, 0.2) is 0 Å². The predicted molar refractivity (Wildman–Crippen MR) is 117 cm³/mol. The lowest BCUT2D eigenvalue weighted by Gasteiger charge is -2.23. The van der Waals surface area contributed by atoms with Crippen LogP contribution in [0.25, 0.3) is 10.9 Å². The van der Waals surface area contributed by atoms with Crippen LogP contribution in [0.5, 0.6) is 11.6 Å².